The molecule has 66 valence electrons. The Morgan fingerprint density at radius 2 is 2.25 bits per heavy atom. The average molecular weight is 169 g/mol. The highest BCUT2D eigenvalue weighted by molar-refractivity contribution is 5.72. The van der Waals surface area contributed by atoms with Gasteiger partial charge in [-0.1, -0.05) is 5.16 Å². The first-order chi connectivity index (χ1) is 5.74. The molecule has 5 nitrogen and oxygen atoms in total. The van der Waals surface area contributed by atoms with Crippen LogP contribution in [0.5, 0.6) is 0 Å². The molecule has 0 saturated heterocycles. The van der Waals surface area contributed by atoms with Gasteiger partial charge in [0.2, 0.25) is 0 Å². The summed E-state index contributed by atoms with van der Waals surface area (Å²) in [5, 5.41) is 7.05. The van der Waals surface area contributed by atoms with E-state index in [1.807, 2.05) is 19.0 Å². The zero-order valence-electron chi connectivity index (χ0n) is 7.15. The highest BCUT2D eigenvalue weighted by atomic mass is 16.6. The minimum atomic E-state index is 0.303. The molecule has 1 rings (SSSR count). The normalized spacial score (nSPS) is 10.6. The predicted molar refractivity (Wildman–Crippen MR) is 41.9 cm³/mol. The molecular formula is C7H11N3O2. The fourth-order valence-corrected chi connectivity index (χ4v) is 0.806. The third-order valence-electron chi connectivity index (χ3n) is 1.49. The Labute approximate surface area is 70.3 Å². The maximum absolute atomic E-state index is 10.4. The van der Waals surface area contributed by atoms with E-state index in [2.05, 4.69) is 14.9 Å². The largest absolute Gasteiger partial charge is 0.309 e. The van der Waals surface area contributed by atoms with Gasteiger partial charge >= 0.3 is 0 Å². The summed E-state index contributed by atoms with van der Waals surface area (Å²) in [6.07, 6.45) is 1.34. The molecule has 0 atom stereocenters. The van der Waals surface area contributed by atoms with E-state index in [4.69, 9.17) is 0 Å². The monoisotopic (exact) mass is 169 g/mol. The molecule has 12 heavy (non-hydrogen) atoms. The molecule has 0 spiro atoms. The Balaban J connectivity index is 2.56. The number of hydrogen-bond acceptors (Lipinski definition) is 5. The van der Waals surface area contributed by atoms with Crippen LogP contribution >= 0.6 is 0 Å². The van der Waals surface area contributed by atoms with Gasteiger partial charge in [0.1, 0.15) is 5.69 Å². The smallest absolute Gasteiger partial charge is 0.173 e. The van der Waals surface area contributed by atoms with Crippen molar-refractivity contribution in [3.8, 4) is 0 Å². The molecule has 0 amide bonds. The quantitative estimate of drug-likeness (QED) is 0.593. The minimum Gasteiger partial charge on any atom is -0.309 e. The van der Waals surface area contributed by atoms with Crippen LogP contribution in [0.4, 0.5) is 0 Å². The van der Waals surface area contributed by atoms with E-state index in [-0.39, 0.29) is 0 Å². The van der Waals surface area contributed by atoms with Crippen LogP contribution in [0.3, 0.4) is 0 Å². The van der Waals surface area contributed by atoms with Gasteiger partial charge in [0, 0.05) is 13.0 Å². The predicted octanol–water partition coefficient (Wildman–Crippen LogP) is -0.0138. The molecule has 0 saturated carbocycles. The Morgan fingerprint density at radius 3 is 2.83 bits per heavy atom. The van der Waals surface area contributed by atoms with E-state index < -0.39 is 0 Å². The van der Waals surface area contributed by atoms with Crippen molar-refractivity contribution in [2.24, 2.45) is 0 Å². The SMILES string of the molecule is CN(C)CCc1nonc1C=O. The molecule has 1 heterocycles. The summed E-state index contributed by atoms with van der Waals surface area (Å²) < 4.78 is 4.42. The molecule has 0 aliphatic heterocycles. The van der Waals surface area contributed by atoms with Crippen molar-refractivity contribution in [3.63, 3.8) is 0 Å². The first-order valence-corrected chi connectivity index (χ1v) is 3.65. The van der Waals surface area contributed by atoms with Crippen LogP contribution in [0.2, 0.25) is 0 Å². The van der Waals surface area contributed by atoms with Gasteiger partial charge < -0.3 is 4.90 Å². The first-order valence-electron chi connectivity index (χ1n) is 3.65. The standard InChI is InChI=1S/C7H11N3O2/c1-10(2)4-3-6-7(5-11)9-12-8-6/h5H,3-4H2,1-2H3. The molecule has 0 unspecified atom stereocenters. The highest BCUT2D eigenvalue weighted by Gasteiger charge is 2.07. The summed E-state index contributed by atoms with van der Waals surface area (Å²) in [6.45, 7) is 0.828. The molecule has 0 aliphatic carbocycles. The third-order valence-corrected chi connectivity index (χ3v) is 1.49. The van der Waals surface area contributed by atoms with E-state index in [1.54, 1.807) is 0 Å². The molecule has 1 aromatic heterocycles. The maximum Gasteiger partial charge on any atom is 0.173 e. The average Bonchev–Trinajstić information content (AvgIpc) is 2.47. The van der Waals surface area contributed by atoms with E-state index in [9.17, 15) is 4.79 Å². The number of likely N-dealkylation sites (N-methyl/N-ethyl adjacent to an activating group) is 1. The van der Waals surface area contributed by atoms with Gasteiger partial charge in [-0.05, 0) is 19.3 Å². The summed E-state index contributed by atoms with van der Waals surface area (Å²) in [6, 6.07) is 0. The lowest BCUT2D eigenvalue weighted by Gasteiger charge is -2.06. The van der Waals surface area contributed by atoms with Crippen LogP contribution in [-0.4, -0.2) is 42.1 Å². The molecule has 0 aliphatic rings. The van der Waals surface area contributed by atoms with Gasteiger partial charge in [-0.15, -0.1) is 0 Å². The maximum atomic E-state index is 10.4. The van der Waals surface area contributed by atoms with Crippen LogP contribution in [0.1, 0.15) is 16.2 Å². The van der Waals surface area contributed by atoms with Crippen LogP contribution in [0.15, 0.2) is 4.63 Å². The van der Waals surface area contributed by atoms with Crippen LogP contribution < -0.4 is 0 Å². The Kier molecular flexibility index (Phi) is 2.93. The Morgan fingerprint density at radius 1 is 1.50 bits per heavy atom. The van der Waals surface area contributed by atoms with Crippen molar-refractivity contribution in [2.75, 3.05) is 20.6 Å². The van der Waals surface area contributed by atoms with Crippen LogP contribution in [0, 0.1) is 0 Å². The second-order valence-corrected chi connectivity index (χ2v) is 2.77. The van der Waals surface area contributed by atoms with E-state index in [0.29, 0.717) is 24.1 Å². The first kappa shape index (κ1) is 8.86. The molecule has 0 N–H and O–H groups in total. The van der Waals surface area contributed by atoms with Crippen LogP contribution in [0.25, 0.3) is 0 Å². The number of carbonyl (C=O) groups excluding carboxylic acids is 1. The molecule has 0 aromatic carbocycles. The molecule has 0 radical (unpaired) electrons. The number of carbonyl (C=O) groups is 1. The second kappa shape index (κ2) is 3.96. The van der Waals surface area contributed by atoms with Crippen LogP contribution in [-0.2, 0) is 6.42 Å². The van der Waals surface area contributed by atoms with Gasteiger partial charge in [-0.2, -0.15) is 0 Å². The highest BCUT2D eigenvalue weighted by Crippen LogP contribution is 2.00. The zero-order chi connectivity index (χ0) is 8.97. The summed E-state index contributed by atoms with van der Waals surface area (Å²) in [4.78, 5) is 12.4. The lowest BCUT2D eigenvalue weighted by Crippen LogP contribution is -2.15. The number of aldehydes is 1. The molecular weight excluding hydrogens is 158 g/mol. The lowest BCUT2D eigenvalue weighted by atomic mass is 10.2. The van der Waals surface area contributed by atoms with Crippen molar-refractivity contribution < 1.29 is 9.42 Å². The summed E-state index contributed by atoms with van der Waals surface area (Å²) in [5.74, 6) is 0. The fraction of sp³-hybridized carbons (Fsp3) is 0.571. The van der Waals surface area contributed by atoms with Crippen molar-refractivity contribution in [1.29, 1.82) is 0 Å². The van der Waals surface area contributed by atoms with E-state index in [0.717, 1.165) is 6.54 Å². The van der Waals surface area contributed by atoms with Gasteiger partial charge in [0.25, 0.3) is 0 Å². The number of hydrogen-bond donors (Lipinski definition) is 0. The minimum absolute atomic E-state index is 0.303. The number of aromatic nitrogens is 2. The third kappa shape index (κ3) is 2.13. The fourth-order valence-electron chi connectivity index (χ4n) is 0.806. The molecule has 1 aromatic rings. The van der Waals surface area contributed by atoms with Gasteiger partial charge in [-0.25, -0.2) is 4.63 Å². The van der Waals surface area contributed by atoms with Crippen molar-refractivity contribution in [1.82, 2.24) is 15.2 Å². The number of rotatable bonds is 4. The van der Waals surface area contributed by atoms with Gasteiger partial charge in [0.05, 0.1) is 0 Å². The number of nitrogens with zero attached hydrogens (tertiary/aromatic N) is 3. The van der Waals surface area contributed by atoms with Crippen molar-refractivity contribution >= 4 is 6.29 Å². The Hall–Kier alpha value is -1.23. The second-order valence-electron chi connectivity index (χ2n) is 2.77. The summed E-state index contributed by atoms with van der Waals surface area (Å²) in [7, 11) is 3.90. The summed E-state index contributed by atoms with van der Waals surface area (Å²) in [5.41, 5.74) is 0.926. The van der Waals surface area contributed by atoms with Crippen molar-refractivity contribution in [2.45, 2.75) is 6.42 Å². The topological polar surface area (TPSA) is 59.2 Å². The van der Waals surface area contributed by atoms with E-state index in [1.165, 1.54) is 0 Å². The molecule has 5 heteroatoms. The molecule has 0 fully saturated rings. The van der Waals surface area contributed by atoms with Gasteiger partial charge in [0.15, 0.2) is 12.0 Å². The summed E-state index contributed by atoms with van der Waals surface area (Å²) >= 11 is 0. The lowest BCUT2D eigenvalue weighted by molar-refractivity contribution is 0.111. The van der Waals surface area contributed by atoms with E-state index >= 15 is 0 Å². The van der Waals surface area contributed by atoms with Gasteiger partial charge in [-0.3, -0.25) is 4.79 Å². The zero-order valence-corrected chi connectivity index (χ0v) is 7.15. The Bertz CT molecular complexity index is 257. The molecule has 0 bridgehead atoms. The van der Waals surface area contributed by atoms with Crippen molar-refractivity contribution in [3.05, 3.63) is 11.4 Å².